The number of hydrogen-bond acceptors (Lipinski definition) is 3. The Balaban J connectivity index is 2.13. The first kappa shape index (κ1) is 13.6. The van der Waals surface area contributed by atoms with Crippen molar-refractivity contribution in [2.45, 2.75) is 13.0 Å². The second-order valence-corrected chi connectivity index (χ2v) is 6.12. The second kappa shape index (κ2) is 5.54. The van der Waals surface area contributed by atoms with Gasteiger partial charge in [0.2, 0.25) is 0 Å². The van der Waals surface area contributed by atoms with E-state index in [9.17, 15) is 0 Å². The highest BCUT2D eigenvalue weighted by Gasteiger charge is 2.16. The number of hydrogen-bond donors (Lipinski definition) is 2. The number of halogens is 1. The van der Waals surface area contributed by atoms with Gasteiger partial charge in [-0.25, -0.2) is 5.43 Å². The third-order valence-corrected chi connectivity index (χ3v) is 4.90. The van der Waals surface area contributed by atoms with Crippen LogP contribution in [0.25, 0.3) is 10.1 Å². The number of aryl methyl sites for hydroxylation is 1. The minimum atomic E-state index is -0.0598. The summed E-state index contributed by atoms with van der Waals surface area (Å²) in [5.74, 6) is 5.80. The summed E-state index contributed by atoms with van der Waals surface area (Å²) in [4.78, 5) is 0. The summed E-state index contributed by atoms with van der Waals surface area (Å²) in [6, 6.07) is 14.4. The third-order valence-electron chi connectivity index (χ3n) is 3.52. The fourth-order valence-electron chi connectivity index (χ4n) is 2.40. The number of rotatable bonds is 3. The monoisotopic (exact) mass is 302 g/mol. The van der Waals surface area contributed by atoms with E-state index < -0.39 is 0 Å². The summed E-state index contributed by atoms with van der Waals surface area (Å²) in [7, 11) is 0. The second-order valence-electron chi connectivity index (χ2n) is 4.79. The molecule has 2 nitrogen and oxygen atoms in total. The van der Waals surface area contributed by atoms with Crippen LogP contribution >= 0.6 is 22.9 Å². The Morgan fingerprint density at radius 2 is 2.05 bits per heavy atom. The summed E-state index contributed by atoms with van der Waals surface area (Å²) >= 11 is 7.96. The molecule has 1 aromatic heterocycles. The Morgan fingerprint density at radius 1 is 1.20 bits per heavy atom. The van der Waals surface area contributed by atoms with Crippen LogP contribution in [0.3, 0.4) is 0 Å². The molecule has 2 aromatic carbocycles. The predicted octanol–water partition coefficient (Wildman–Crippen LogP) is 4.42. The van der Waals surface area contributed by atoms with Crippen molar-refractivity contribution in [2.24, 2.45) is 5.84 Å². The highest BCUT2D eigenvalue weighted by molar-refractivity contribution is 7.17. The molecule has 0 aliphatic rings. The van der Waals surface area contributed by atoms with Crippen molar-refractivity contribution in [3.8, 4) is 0 Å². The largest absolute Gasteiger partial charge is 0.271 e. The average Bonchev–Trinajstić information content (AvgIpc) is 2.93. The zero-order chi connectivity index (χ0) is 14.1. The van der Waals surface area contributed by atoms with Crippen molar-refractivity contribution in [3.63, 3.8) is 0 Å². The van der Waals surface area contributed by atoms with E-state index in [-0.39, 0.29) is 6.04 Å². The molecule has 3 rings (SSSR count). The van der Waals surface area contributed by atoms with Crippen LogP contribution in [0.4, 0.5) is 0 Å². The van der Waals surface area contributed by atoms with Gasteiger partial charge < -0.3 is 0 Å². The smallest absolute Gasteiger partial charge is 0.0724 e. The Hall–Kier alpha value is -1.39. The van der Waals surface area contributed by atoms with E-state index in [0.29, 0.717) is 0 Å². The van der Waals surface area contributed by atoms with Crippen LogP contribution in [0.15, 0.2) is 47.8 Å². The number of hydrazine groups is 1. The fourth-order valence-corrected chi connectivity index (χ4v) is 3.53. The molecule has 3 N–H and O–H groups in total. The summed E-state index contributed by atoms with van der Waals surface area (Å²) in [5, 5.41) is 4.11. The first-order chi connectivity index (χ1) is 9.70. The van der Waals surface area contributed by atoms with Gasteiger partial charge in [-0.2, -0.15) is 0 Å². The van der Waals surface area contributed by atoms with Crippen LogP contribution in [0.1, 0.15) is 22.7 Å². The molecule has 0 saturated heterocycles. The number of fused-ring (bicyclic) bond motifs is 1. The molecular weight excluding hydrogens is 288 g/mol. The molecular formula is C16H15ClN2S. The lowest BCUT2D eigenvalue weighted by Gasteiger charge is -2.18. The zero-order valence-electron chi connectivity index (χ0n) is 11.1. The number of thiophene rings is 1. The molecule has 0 amide bonds. The fraction of sp³-hybridized carbons (Fsp3) is 0.125. The van der Waals surface area contributed by atoms with E-state index in [2.05, 4.69) is 41.1 Å². The molecule has 0 spiro atoms. The lowest BCUT2D eigenvalue weighted by atomic mass is 9.97. The van der Waals surface area contributed by atoms with Crippen LogP contribution in [-0.2, 0) is 0 Å². The Morgan fingerprint density at radius 3 is 2.80 bits per heavy atom. The van der Waals surface area contributed by atoms with Crippen LogP contribution < -0.4 is 11.3 Å². The van der Waals surface area contributed by atoms with Gasteiger partial charge in [-0.05, 0) is 46.5 Å². The maximum absolute atomic E-state index is 6.23. The lowest BCUT2D eigenvalue weighted by Crippen LogP contribution is -2.28. The summed E-state index contributed by atoms with van der Waals surface area (Å²) in [5.41, 5.74) is 6.23. The number of nitrogens with one attached hydrogen (secondary N) is 1. The molecule has 1 unspecified atom stereocenters. The van der Waals surface area contributed by atoms with Crippen LogP contribution in [0, 0.1) is 6.92 Å². The van der Waals surface area contributed by atoms with Crippen molar-refractivity contribution >= 4 is 33.0 Å². The van der Waals surface area contributed by atoms with Gasteiger partial charge in [0, 0.05) is 9.72 Å². The van der Waals surface area contributed by atoms with E-state index in [4.69, 9.17) is 17.4 Å². The summed E-state index contributed by atoms with van der Waals surface area (Å²) in [6.07, 6.45) is 0. The Bertz CT molecular complexity index is 751. The van der Waals surface area contributed by atoms with Crippen molar-refractivity contribution in [3.05, 3.63) is 69.6 Å². The zero-order valence-corrected chi connectivity index (χ0v) is 12.6. The van der Waals surface area contributed by atoms with Gasteiger partial charge in [-0.3, -0.25) is 5.84 Å². The lowest BCUT2D eigenvalue weighted by molar-refractivity contribution is 0.641. The van der Waals surface area contributed by atoms with Crippen molar-refractivity contribution in [2.75, 3.05) is 0 Å². The quantitative estimate of drug-likeness (QED) is 0.555. The van der Waals surface area contributed by atoms with E-state index in [1.54, 1.807) is 11.3 Å². The standard InChI is InChI=1S/C16H15ClN2S/c1-10-5-6-12(9-14(10)17)15(19-18)13-4-2-3-11-7-8-20-16(11)13/h2-9,15,19H,18H2,1H3. The van der Waals surface area contributed by atoms with Crippen molar-refractivity contribution in [1.82, 2.24) is 5.43 Å². The highest BCUT2D eigenvalue weighted by atomic mass is 35.5. The van der Waals surface area contributed by atoms with E-state index in [0.717, 1.165) is 16.1 Å². The molecule has 1 atom stereocenters. The topological polar surface area (TPSA) is 38.0 Å². The average molecular weight is 303 g/mol. The normalized spacial score (nSPS) is 12.8. The maximum Gasteiger partial charge on any atom is 0.0724 e. The van der Waals surface area contributed by atoms with Gasteiger partial charge in [-0.15, -0.1) is 11.3 Å². The van der Waals surface area contributed by atoms with Crippen LogP contribution in [0.2, 0.25) is 5.02 Å². The maximum atomic E-state index is 6.23. The molecule has 4 heteroatoms. The summed E-state index contributed by atoms with van der Waals surface area (Å²) < 4.78 is 1.26. The van der Waals surface area contributed by atoms with Crippen LogP contribution in [0.5, 0.6) is 0 Å². The SMILES string of the molecule is Cc1ccc(C(NN)c2cccc3ccsc23)cc1Cl. The minimum Gasteiger partial charge on any atom is -0.271 e. The molecule has 0 fully saturated rings. The Labute approximate surface area is 127 Å². The minimum absolute atomic E-state index is 0.0598. The van der Waals surface area contributed by atoms with Crippen LogP contribution in [-0.4, -0.2) is 0 Å². The first-order valence-electron chi connectivity index (χ1n) is 6.39. The molecule has 1 heterocycles. The van der Waals surface area contributed by atoms with Gasteiger partial charge in [0.1, 0.15) is 0 Å². The van der Waals surface area contributed by atoms with Gasteiger partial charge in [-0.1, -0.05) is 41.9 Å². The van der Waals surface area contributed by atoms with E-state index in [1.165, 1.54) is 15.6 Å². The molecule has 0 saturated carbocycles. The number of nitrogens with two attached hydrogens (primary N) is 1. The molecule has 20 heavy (non-hydrogen) atoms. The molecule has 0 aliphatic carbocycles. The summed E-state index contributed by atoms with van der Waals surface area (Å²) in [6.45, 7) is 2.00. The van der Waals surface area contributed by atoms with Gasteiger partial charge in [0.25, 0.3) is 0 Å². The third kappa shape index (κ3) is 2.34. The Kier molecular flexibility index (Phi) is 3.76. The molecule has 0 radical (unpaired) electrons. The van der Waals surface area contributed by atoms with E-state index >= 15 is 0 Å². The number of benzene rings is 2. The molecule has 102 valence electrons. The van der Waals surface area contributed by atoms with Crippen molar-refractivity contribution in [1.29, 1.82) is 0 Å². The molecule has 0 aliphatic heterocycles. The highest BCUT2D eigenvalue weighted by Crippen LogP contribution is 2.33. The predicted molar refractivity (Wildman–Crippen MR) is 87.2 cm³/mol. The van der Waals surface area contributed by atoms with Crippen molar-refractivity contribution < 1.29 is 0 Å². The van der Waals surface area contributed by atoms with Gasteiger partial charge >= 0.3 is 0 Å². The van der Waals surface area contributed by atoms with Gasteiger partial charge in [0.05, 0.1) is 6.04 Å². The molecule has 0 bridgehead atoms. The molecule has 3 aromatic rings. The van der Waals surface area contributed by atoms with Gasteiger partial charge in [0.15, 0.2) is 0 Å². The first-order valence-corrected chi connectivity index (χ1v) is 7.65. The van der Waals surface area contributed by atoms with E-state index in [1.807, 2.05) is 19.1 Å².